The lowest BCUT2D eigenvalue weighted by molar-refractivity contribution is -0.147. The van der Waals surface area contributed by atoms with Crippen LogP contribution in [0.3, 0.4) is 0 Å². The summed E-state index contributed by atoms with van der Waals surface area (Å²) in [6.07, 6.45) is 2.97. The number of aliphatic carboxylic acids is 1. The van der Waals surface area contributed by atoms with Crippen LogP contribution < -0.4 is 5.32 Å². The van der Waals surface area contributed by atoms with E-state index in [9.17, 15) is 20.3 Å². The maximum absolute atomic E-state index is 11.8. The number of hydrogen-bond donors (Lipinski definition) is 3. The van der Waals surface area contributed by atoms with E-state index in [1.807, 2.05) is 56.4 Å². The van der Waals surface area contributed by atoms with E-state index in [-0.39, 0.29) is 6.10 Å². The van der Waals surface area contributed by atoms with Gasteiger partial charge in [0, 0.05) is 50.2 Å². The second-order valence-corrected chi connectivity index (χ2v) is 15.0. The van der Waals surface area contributed by atoms with Crippen molar-refractivity contribution in [3.63, 3.8) is 0 Å². The maximum Gasteiger partial charge on any atom is 0.310 e. The number of aromatic nitrogens is 4. The van der Waals surface area contributed by atoms with E-state index in [1.165, 1.54) is 0 Å². The van der Waals surface area contributed by atoms with Gasteiger partial charge in [-0.1, -0.05) is 24.3 Å². The first kappa shape index (κ1) is 35.3. The number of pyridine rings is 1. The van der Waals surface area contributed by atoms with Crippen LogP contribution in [0.1, 0.15) is 53.4 Å². The van der Waals surface area contributed by atoms with Gasteiger partial charge in [-0.05, 0) is 111 Å². The Morgan fingerprint density at radius 2 is 1.70 bits per heavy atom. The molecule has 2 atom stereocenters. The molecule has 3 N–H and O–H groups in total. The molecule has 2 aliphatic rings. The molecule has 3 aromatic heterocycles. The van der Waals surface area contributed by atoms with Crippen LogP contribution in [0.5, 0.6) is 0 Å². The Morgan fingerprint density at radius 1 is 0.963 bits per heavy atom. The van der Waals surface area contributed by atoms with Gasteiger partial charge in [-0.3, -0.25) is 19.6 Å². The summed E-state index contributed by atoms with van der Waals surface area (Å²) in [4.78, 5) is 35.2. The highest BCUT2D eigenvalue weighted by Crippen LogP contribution is 2.38. The third kappa shape index (κ3) is 6.66. The van der Waals surface area contributed by atoms with Crippen LogP contribution in [0.4, 0.5) is 11.5 Å². The molecule has 2 fully saturated rings. The van der Waals surface area contributed by atoms with Gasteiger partial charge in [0.25, 0.3) is 0 Å². The third-order valence-electron chi connectivity index (χ3n) is 10.9. The summed E-state index contributed by atoms with van der Waals surface area (Å²) in [5, 5.41) is 33.2. The number of rotatable bonds is 9. The lowest BCUT2D eigenvalue weighted by Crippen LogP contribution is -2.31. The summed E-state index contributed by atoms with van der Waals surface area (Å²) >= 11 is 0. The van der Waals surface area contributed by atoms with Crippen LogP contribution in [-0.2, 0) is 17.9 Å². The van der Waals surface area contributed by atoms with Crippen molar-refractivity contribution in [1.29, 1.82) is 5.26 Å². The SMILES string of the molecule is Cc1nc(Nc2cccc(-c3cccc(-c4nc5cc(CN6CCC(C)(C(=O)O)C6)cc(C#N)c5o4)c3C)c2C)c2ncc(CN3CC[C@@H](O)C3)cc2n1. The fourth-order valence-electron chi connectivity index (χ4n) is 7.92. The Morgan fingerprint density at radius 3 is 2.44 bits per heavy atom. The number of nitrogens with zero attached hydrogens (tertiary/aromatic N) is 7. The summed E-state index contributed by atoms with van der Waals surface area (Å²) in [6.45, 7) is 11.7. The summed E-state index contributed by atoms with van der Waals surface area (Å²) in [5.41, 5.74) is 9.82. The number of anilines is 2. The predicted octanol–water partition coefficient (Wildman–Crippen LogP) is 6.90. The number of carboxylic acids is 1. The highest BCUT2D eigenvalue weighted by molar-refractivity contribution is 5.90. The Hall–Kier alpha value is -5.74. The summed E-state index contributed by atoms with van der Waals surface area (Å²) < 4.78 is 6.30. The number of fused-ring (bicyclic) bond motifs is 2. The zero-order valence-electron chi connectivity index (χ0n) is 30.8. The van der Waals surface area contributed by atoms with Crippen molar-refractivity contribution in [2.24, 2.45) is 5.41 Å². The van der Waals surface area contributed by atoms with Crippen LogP contribution >= 0.6 is 0 Å². The minimum atomic E-state index is -0.785. The molecule has 12 heteroatoms. The molecule has 0 saturated carbocycles. The van der Waals surface area contributed by atoms with Gasteiger partial charge in [-0.2, -0.15) is 5.26 Å². The average Bonchev–Trinajstić information content (AvgIpc) is 3.87. The molecule has 3 aromatic carbocycles. The van der Waals surface area contributed by atoms with Crippen LogP contribution in [0.2, 0.25) is 0 Å². The highest BCUT2D eigenvalue weighted by atomic mass is 16.4. The minimum Gasteiger partial charge on any atom is -0.481 e. The van der Waals surface area contributed by atoms with E-state index in [0.29, 0.717) is 78.9 Å². The van der Waals surface area contributed by atoms with Crippen LogP contribution in [0, 0.1) is 37.5 Å². The number of oxazole rings is 1. The van der Waals surface area contributed by atoms with Crippen molar-refractivity contribution >= 4 is 39.6 Å². The molecule has 0 radical (unpaired) electrons. The van der Waals surface area contributed by atoms with Gasteiger partial charge in [-0.25, -0.2) is 15.0 Å². The maximum atomic E-state index is 11.8. The van der Waals surface area contributed by atoms with Crippen molar-refractivity contribution in [3.05, 3.63) is 94.4 Å². The molecule has 8 rings (SSSR count). The molecule has 274 valence electrons. The van der Waals surface area contributed by atoms with Crippen LogP contribution in [-0.4, -0.2) is 78.2 Å². The number of carboxylic acid groups (broad SMARTS) is 1. The number of nitriles is 1. The largest absolute Gasteiger partial charge is 0.481 e. The lowest BCUT2D eigenvalue weighted by atomic mass is 9.90. The van der Waals surface area contributed by atoms with E-state index < -0.39 is 11.4 Å². The average molecular weight is 723 g/mol. The molecule has 1 unspecified atom stereocenters. The molecule has 0 aliphatic carbocycles. The number of aliphatic hydroxyl groups is 1. The lowest BCUT2D eigenvalue weighted by Gasteiger charge is -2.20. The van der Waals surface area contributed by atoms with Crippen LogP contribution in [0.15, 0.2) is 65.2 Å². The van der Waals surface area contributed by atoms with E-state index in [0.717, 1.165) is 63.1 Å². The third-order valence-corrected chi connectivity index (χ3v) is 10.9. The number of β-amino-alcohol motifs (C(OH)–C–C–N with tert-alkyl or cyclic N) is 1. The van der Waals surface area contributed by atoms with Crippen molar-refractivity contribution < 1.29 is 19.4 Å². The molecule has 2 saturated heterocycles. The normalized spacial score (nSPS) is 19.1. The number of hydrogen-bond acceptors (Lipinski definition) is 11. The van der Waals surface area contributed by atoms with Crippen LogP contribution in [0.25, 0.3) is 44.7 Å². The Kier molecular flexibility index (Phi) is 9.09. The van der Waals surface area contributed by atoms with Gasteiger partial charge < -0.3 is 19.9 Å². The van der Waals surface area contributed by atoms with Crippen molar-refractivity contribution in [3.8, 4) is 28.7 Å². The highest BCUT2D eigenvalue weighted by Gasteiger charge is 2.40. The molecule has 54 heavy (non-hydrogen) atoms. The predicted molar refractivity (Wildman–Crippen MR) is 206 cm³/mol. The first-order valence-corrected chi connectivity index (χ1v) is 18.3. The van der Waals surface area contributed by atoms with Crippen molar-refractivity contribution in [2.75, 3.05) is 31.5 Å². The molecular weight excluding hydrogens is 681 g/mol. The minimum absolute atomic E-state index is 0.273. The quantitative estimate of drug-likeness (QED) is 0.142. The van der Waals surface area contributed by atoms with Gasteiger partial charge in [0.2, 0.25) is 5.89 Å². The Balaban J connectivity index is 1.08. The zero-order chi connectivity index (χ0) is 37.7. The molecule has 2 aliphatic heterocycles. The number of benzene rings is 3. The summed E-state index contributed by atoms with van der Waals surface area (Å²) in [6, 6.07) is 20.3. The van der Waals surface area contributed by atoms with Crippen molar-refractivity contribution in [2.45, 2.75) is 59.7 Å². The molecule has 0 bridgehead atoms. The van der Waals surface area contributed by atoms with E-state index >= 15 is 0 Å². The van der Waals surface area contributed by atoms with Gasteiger partial charge in [0.1, 0.15) is 22.9 Å². The number of aryl methyl sites for hydroxylation is 1. The van der Waals surface area contributed by atoms with E-state index in [1.54, 1.807) is 6.92 Å². The van der Waals surface area contributed by atoms with Gasteiger partial charge in [0.15, 0.2) is 11.4 Å². The van der Waals surface area contributed by atoms with Gasteiger partial charge in [0.05, 0.1) is 22.6 Å². The molecule has 0 amide bonds. The standard InChI is InChI=1S/C42H42N8O4/c1-24-31(7-5-9-33(24)40-48-36-16-27(15-29(18-43)38(36)54-40)20-50-14-12-42(4,23-50)41(52)53)32-8-6-10-34(25(32)2)47-39-37-35(45-26(3)46-39)17-28(19-44-37)21-49-13-11-30(51)22-49/h5-10,15-17,19,30,51H,11-14,20-23H2,1-4H3,(H,52,53)(H,45,46,47)/t30-,42?/m1/s1. The Bertz CT molecular complexity index is 2490. The summed E-state index contributed by atoms with van der Waals surface area (Å²) in [7, 11) is 0. The smallest absolute Gasteiger partial charge is 0.310 e. The molecule has 0 spiro atoms. The first-order valence-electron chi connectivity index (χ1n) is 18.3. The fraction of sp³-hybridized carbons (Fsp3) is 0.333. The second kappa shape index (κ2) is 13.9. The number of likely N-dealkylation sites (tertiary alicyclic amines) is 2. The molecule has 6 aromatic rings. The molecule has 5 heterocycles. The summed E-state index contributed by atoms with van der Waals surface area (Å²) in [5.74, 6) is 0.914. The number of aliphatic hydroxyl groups excluding tert-OH is 1. The number of nitrogens with one attached hydrogen (secondary N) is 1. The molecule has 12 nitrogen and oxygen atoms in total. The monoisotopic (exact) mass is 722 g/mol. The van der Waals surface area contributed by atoms with E-state index in [4.69, 9.17) is 24.4 Å². The Labute approximate surface area is 313 Å². The zero-order valence-corrected chi connectivity index (χ0v) is 30.8. The first-order chi connectivity index (χ1) is 26.0. The topological polar surface area (TPSA) is 165 Å². The molecular formula is C42H42N8O4. The van der Waals surface area contributed by atoms with Gasteiger partial charge in [-0.15, -0.1) is 0 Å². The van der Waals surface area contributed by atoms with Gasteiger partial charge >= 0.3 is 5.97 Å². The number of carbonyl (C=O) groups is 1. The van der Waals surface area contributed by atoms with E-state index in [2.05, 4.69) is 46.3 Å². The fourth-order valence-corrected chi connectivity index (χ4v) is 7.92. The second-order valence-electron chi connectivity index (χ2n) is 15.0. The van der Waals surface area contributed by atoms with Crippen molar-refractivity contribution in [1.82, 2.24) is 29.7 Å².